The first-order valence-corrected chi connectivity index (χ1v) is 9.40. The molecule has 0 saturated heterocycles. The van der Waals surface area contributed by atoms with Crippen molar-refractivity contribution < 1.29 is 9.53 Å². The predicted octanol–water partition coefficient (Wildman–Crippen LogP) is 2.55. The summed E-state index contributed by atoms with van der Waals surface area (Å²) in [6.45, 7) is 4.66. The van der Waals surface area contributed by atoms with Crippen molar-refractivity contribution in [3.8, 4) is 5.75 Å². The highest BCUT2D eigenvalue weighted by atomic mass is 32.2. The number of methoxy groups -OCH3 is 1. The Balaban J connectivity index is 1.62. The third kappa shape index (κ3) is 4.50. The van der Waals surface area contributed by atoms with Gasteiger partial charge in [-0.1, -0.05) is 23.9 Å². The lowest BCUT2D eigenvalue weighted by Gasteiger charge is -2.22. The second kappa shape index (κ2) is 7.86. The topological polar surface area (TPSA) is 73.1 Å². The fraction of sp³-hybridized carbons (Fsp3) is 0.529. The van der Waals surface area contributed by atoms with Gasteiger partial charge in [0, 0.05) is 12.6 Å². The molecule has 1 aromatic carbocycles. The molecule has 1 aliphatic carbocycles. The normalized spacial score (nSPS) is 13.9. The fourth-order valence-corrected chi connectivity index (χ4v) is 3.44. The molecule has 3 rings (SSSR count). The van der Waals surface area contributed by atoms with Gasteiger partial charge >= 0.3 is 0 Å². The van der Waals surface area contributed by atoms with Gasteiger partial charge in [0.15, 0.2) is 0 Å². The first-order valence-electron chi connectivity index (χ1n) is 8.41. The third-order valence-corrected chi connectivity index (χ3v) is 5.01. The summed E-state index contributed by atoms with van der Waals surface area (Å²) in [7, 11) is 1.65. The summed E-state index contributed by atoms with van der Waals surface area (Å²) in [6.07, 6.45) is 2.16. The number of hydrogen-bond acceptors (Lipinski definition) is 6. The van der Waals surface area contributed by atoms with Gasteiger partial charge in [-0.15, -0.1) is 5.10 Å². The van der Waals surface area contributed by atoms with Crippen molar-refractivity contribution in [2.24, 2.45) is 0 Å². The maximum atomic E-state index is 12.7. The van der Waals surface area contributed by atoms with E-state index >= 15 is 0 Å². The van der Waals surface area contributed by atoms with Crippen molar-refractivity contribution in [1.29, 1.82) is 0 Å². The summed E-state index contributed by atoms with van der Waals surface area (Å²) >= 11 is 1.40. The monoisotopic (exact) mass is 361 g/mol. The number of tetrazole rings is 1. The van der Waals surface area contributed by atoms with Crippen molar-refractivity contribution in [2.75, 3.05) is 12.9 Å². The van der Waals surface area contributed by atoms with Gasteiger partial charge in [-0.05, 0) is 54.8 Å². The van der Waals surface area contributed by atoms with Crippen molar-refractivity contribution >= 4 is 17.7 Å². The van der Waals surface area contributed by atoms with Gasteiger partial charge in [0.05, 0.1) is 18.9 Å². The van der Waals surface area contributed by atoms with Crippen LogP contribution in [0, 0.1) is 0 Å². The molecule has 1 saturated carbocycles. The van der Waals surface area contributed by atoms with Gasteiger partial charge in [-0.2, -0.15) is 0 Å². The standard InChI is InChI=1S/C17H23N5O2S/c1-12(2)22-17(18-19-20-22)25-11-16(23)21(14-6-7-14)10-13-4-8-15(24-3)9-5-13/h4-5,8-9,12,14H,6-7,10-11H2,1-3H3. The van der Waals surface area contributed by atoms with E-state index in [4.69, 9.17) is 4.74 Å². The van der Waals surface area contributed by atoms with E-state index < -0.39 is 0 Å². The van der Waals surface area contributed by atoms with Crippen LogP contribution in [0.4, 0.5) is 0 Å². The number of amides is 1. The maximum absolute atomic E-state index is 12.7. The number of benzene rings is 1. The molecule has 1 aromatic heterocycles. The number of ether oxygens (including phenoxy) is 1. The van der Waals surface area contributed by atoms with Crippen molar-refractivity contribution in [3.63, 3.8) is 0 Å². The van der Waals surface area contributed by atoms with Gasteiger partial charge in [0.25, 0.3) is 0 Å². The van der Waals surface area contributed by atoms with Crippen LogP contribution in [0.3, 0.4) is 0 Å². The Labute approximate surface area is 151 Å². The van der Waals surface area contributed by atoms with Crippen LogP contribution in [0.15, 0.2) is 29.4 Å². The largest absolute Gasteiger partial charge is 0.497 e. The van der Waals surface area contributed by atoms with E-state index in [1.54, 1.807) is 11.8 Å². The minimum atomic E-state index is 0.127. The molecule has 0 radical (unpaired) electrons. The van der Waals surface area contributed by atoms with Crippen molar-refractivity contribution in [2.45, 2.75) is 50.5 Å². The van der Waals surface area contributed by atoms with Crippen molar-refractivity contribution in [3.05, 3.63) is 29.8 Å². The molecule has 25 heavy (non-hydrogen) atoms. The molecule has 1 aliphatic rings. The summed E-state index contributed by atoms with van der Waals surface area (Å²) in [4.78, 5) is 14.7. The number of aromatic nitrogens is 4. The summed E-state index contributed by atoms with van der Waals surface area (Å²) in [5, 5.41) is 12.4. The lowest BCUT2D eigenvalue weighted by Crippen LogP contribution is -2.34. The van der Waals surface area contributed by atoms with Crippen LogP contribution in [-0.2, 0) is 11.3 Å². The number of nitrogens with zero attached hydrogens (tertiary/aromatic N) is 5. The molecule has 0 unspecified atom stereocenters. The SMILES string of the molecule is COc1ccc(CN(C(=O)CSc2nnnn2C(C)C)C2CC2)cc1. The first kappa shape index (κ1) is 17.7. The molecule has 7 nitrogen and oxygen atoms in total. The molecular formula is C17H23N5O2S. The lowest BCUT2D eigenvalue weighted by molar-refractivity contribution is -0.129. The molecule has 0 spiro atoms. The minimum Gasteiger partial charge on any atom is -0.497 e. The number of rotatable bonds is 8. The average Bonchev–Trinajstić information content (AvgIpc) is 3.34. The molecule has 1 fully saturated rings. The zero-order valence-electron chi connectivity index (χ0n) is 14.8. The number of hydrogen-bond donors (Lipinski definition) is 0. The summed E-state index contributed by atoms with van der Waals surface area (Å²) < 4.78 is 6.93. The zero-order valence-corrected chi connectivity index (χ0v) is 15.6. The Kier molecular flexibility index (Phi) is 5.57. The van der Waals surface area contributed by atoms with Crippen LogP contribution >= 0.6 is 11.8 Å². The Morgan fingerprint density at radius 3 is 2.68 bits per heavy atom. The highest BCUT2D eigenvalue weighted by Crippen LogP contribution is 2.30. The van der Waals surface area contributed by atoms with Crippen LogP contribution < -0.4 is 4.74 Å². The van der Waals surface area contributed by atoms with E-state index in [1.807, 2.05) is 43.0 Å². The smallest absolute Gasteiger partial charge is 0.233 e. The second-order valence-corrected chi connectivity index (χ2v) is 7.33. The van der Waals surface area contributed by atoms with E-state index in [2.05, 4.69) is 15.5 Å². The van der Waals surface area contributed by atoms with E-state index in [0.717, 1.165) is 24.2 Å². The molecule has 0 aliphatic heterocycles. The van der Waals surface area contributed by atoms with Crippen LogP contribution in [0.25, 0.3) is 0 Å². The third-order valence-electron chi connectivity index (χ3n) is 4.10. The predicted molar refractivity (Wildman–Crippen MR) is 95.5 cm³/mol. The molecule has 134 valence electrons. The van der Waals surface area contributed by atoms with E-state index in [1.165, 1.54) is 11.8 Å². The Bertz CT molecular complexity index is 712. The highest BCUT2D eigenvalue weighted by Gasteiger charge is 2.32. The van der Waals surface area contributed by atoms with E-state index in [0.29, 0.717) is 23.5 Å². The van der Waals surface area contributed by atoms with Crippen LogP contribution in [0.2, 0.25) is 0 Å². The van der Waals surface area contributed by atoms with Crippen LogP contribution in [0.1, 0.15) is 38.3 Å². The van der Waals surface area contributed by atoms with Gasteiger partial charge < -0.3 is 9.64 Å². The lowest BCUT2D eigenvalue weighted by atomic mass is 10.2. The number of thioether (sulfide) groups is 1. The van der Waals surface area contributed by atoms with Crippen LogP contribution in [0.5, 0.6) is 5.75 Å². The fourth-order valence-electron chi connectivity index (χ4n) is 2.55. The van der Waals surface area contributed by atoms with Gasteiger partial charge in [0.1, 0.15) is 5.75 Å². The first-order chi connectivity index (χ1) is 12.1. The Morgan fingerprint density at radius 2 is 2.08 bits per heavy atom. The molecule has 2 aromatic rings. The van der Waals surface area contributed by atoms with Gasteiger partial charge in [0.2, 0.25) is 11.1 Å². The number of carbonyl (C=O) groups is 1. The maximum Gasteiger partial charge on any atom is 0.233 e. The quantitative estimate of drug-likeness (QED) is 0.673. The summed E-state index contributed by atoms with van der Waals surface area (Å²) in [6, 6.07) is 8.40. The highest BCUT2D eigenvalue weighted by molar-refractivity contribution is 7.99. The van der Waals surface area contributed by atoms with E-state index in [-0.39, 0.29) is 11.9 Å². The molecule has 0 bridgehead atoms. The molecular weight excluding hydrogens is 338 g/mol. The Morgan fingerprint density at radius 1 is 1.36 bits per heavy atom. The molecule has 0 N–H and O–H groups in total. The zero-order chi connectivity index (χ0) is 17.8. The van der Waals surface area contributed by atoms with Crippen molar-refractivity contribution in [1.82, 2.24) is 25.1 Å². The molecule has 1 amide bonds. The summed E-state index contributed by atoms with van der Waals surface area (Å²) in [5.74, 6) is 1.30. The summed E-state index contributed by atoms with van der Waals surface area (Å²) in [5.41, 5.74) is 1.11. The molecule has 1 heterocycles. The van der Waals surface area contributed by atoms with Crippen LogP contribution in [-0.4, -0.2) is 49.9 Å². The average molecular weight is 361 g/mol. The number of carbonyl (C=O) groups excluding carboxylic acids is 1. The van der Waals surface area contributed by atoms with E-state index in [9.17, 15) is 4.79 Å². The molecule has 8 heteroatoms. The van der Waals surface area contributed by atoms with Gasteiger partial charge in [-0.3, -0.25) is 4.79 Å². The minimum absolute atomic E-state index is 0.127. The molecule has 0 atom stereocenters. The van der Waals surface area contributed by atoms with Gasteiger partial charge in [-0.25, -0.2) is 4.68 Å². The Hall–Kier alpha value is -2.09. The second-order valence-electron chi connectivity index (χ2n) is 6.39.